The molecule has 0 fully saturated rings. The summed E-state index contributed by atoms with van der Waals surface area (Å²) < 4.78 is 11.6. The Kier molecular flexibility index (Phi) is 10.5. The first-order valence-corrected chi connectivity index (χ1v) is 25.3. The van der Waals surface area contributed by atoms with Gasteiger partial charge in [-0.3, -0.25) is 4.57 Å². The molecular weight excluding hydrogens is 879 g/mol. The van der Waals surface area contributed by atoms with Gasteiger partial charge in [0.05, 0.1) is 33.4 Å². The summed E-state index contributed by atoms with van der Waals surface area (Å²) in [6.45, 7) is 21.3. The minimum Gasteiger partial charge on any atom is -0.457 e. The quantitative estimate of drug-likeness (QED) is 0.160. The highest BCUT2D eigenvalue weighted by molar-refractivity contribution is 6.12. The standard InChI is InChI=1S/C66H61N5O/c1-64(2,3)45-32-33-67-63(38-45)71-61-40-49(70-57-23-14-13-22-53(57)56-34-44(26-31-58(56)70)43-18-11-10-12-19-43)27-29-54(61)55-30-28-52(41-62(55)71)72-51-21-17-20-48(39-51)68-42-69(60-25-16-15-24-59(60)68)50-36-46(65(4,5)6)35-47(37-50)66(7,8)9/h10-41H,42H2,1-9H3. The van der Waals surface area contributed by atoms with Crippen molar-refractivity contribution in [2.45, 2.75) is 78.6 Å². The number of benzene rings is 8. The lowest BCUT2D eigenvalue weighted by Gasteiger charge is -2.29. The molecule has 4 heterocycles. The maximum atomic E-state index is 6.90. The zero-order valence-corrected chi connectivity index (χ0v) is 42.8. The minimum absolute atomic E-state index is 0.00950. The third kappa shape index (κ3) is 7.86. The average molecular weight is 940 g/mol. The fraction of sp³-hybridized carbons (Fsp3) is 0.197. The Morgan fingerprint density at radius 1 is 0.375 bits per heavy atom. The van der Waals surface area contributed by atoms with Gasteiger partial charge >= 0.3 is 0 Å². The molecule has 1 aliphatic heterocycles. The lowest BCUT2D eigenvalue weighted by atomic mass is 9.80. The van der Waals surface area contributed by atoms with E-state index in [-0.39, 0.29) is 16.2 Å². The van der Waals surface area contributed by atoms with Crippen LogP contribution in [0, 0.1) is 0 Å². The van der Waals surface area contributed by atoms with Crippen LogP contribution < -0.4 is 14.5 Å². The molecule has 6 heteroatoms. The lowest BCUT2D eigenvalue weighted by molar-refractivity contribution is 0.483. The molecule has 0 radical (unpaired) electrons. The lowest BCUT2D eigenvalue weighted by Crippen LogP contribution is -2.25. The number of fused-ring (bicyclic) bond motifs is 7. The first-order valence-electron chi connectivity index (χ1n) is 25.3. The van der Waals surface area contributed by atoms with Gasteiger partial charge in [0.2, 0.25) is 0 Å². The van der Waals surface area contributed by atoms with Crippen LogP contribution in [0.15, 0.2) is 194 Å². The van der Waals surface area contributed by atoms with Gasteiger partial charge < -0.3 is 19.1 Å². The molecule has 0 spiro atoms. The van der Waals surface area contributed by atoms with Gasteiger partial charge in [0, 0.05) is 56.9 Å². The zero-order valence-electron chi connectivity index (χ0n) is 42.8. The molecule has 1 aliphatic rings. The van der Waals surface area contributed by atoms with Gasteiger partial charge in [-0.2, -0.15) is 0 Å². The SMILES string of the molecule is CC(C)(C)c1cc(N2CN(c3cccc(Oc4ccc5c6ccc(-n7c8ccccc8c8cc(-c9ccccc9)ccc87)cc6n(-c6cc(C(C)(C)C)ccn6)c5c4)c3)c3ccccc32)cc(C(C)(C)C)c1. The van der Waals surface area contributed by atoms with Gasteiger partial charge in [-0.05, 0) is 135 Å². The Bertz CT molecular complexity index is 3860. The van der Waals surface area contributed by atoms with Crippen molar-refractivity contribution in [2.75, 3.05) is 16.5 Å². The highest BCUT2D eigenvalue weighted by Gasteiger charge is 2.31. The second-order valence-electron chi connectivity index (χ2n) is 22.7. The number of ether oxygens (including phenoxy) is 1. The van der Waals surface area contributed by atoms with Crippen LogP contribution in [0.3, 0.4) is 0 Å². The summed E-state index contributed by atoms with van der Waals surface area (Å²) in [6.07, 6.45) is 1.95. The number of aromatic nitrogens is 3. The summed E-state index contributed by atoms with van der Waals surface area (Å²) in [5.74, 6) is 2.39. The van der Waals surface area contributed by atoms with Gasteiger partial charge in [-0.25, -0.2) is 4.98 Å². The van der Waals surface area contributed by atoms with E-state index < -0.39 is 0 Å². The van der Waals surface area contributed by atoms with Crippen molar-refractivity contribution in [3.63, 3.8) is 0 Å². The molecule has 0 amide bonds. The van der Waals surface area contributed by atoms with Crippen LogP contribution in [0.25, 0.3) is 66.2 Å². The molecule has 11 aromatic rings. The molecule has 356 valence electrons. The molecule has 0 aliphatic carbocycles. The fourth-order valence-corrected chi connectivity index (χ4v) is 10.6. The fourth-order valence-electron chi connectivity index (χ4n) is 10.6. The number of pyridine rings is 1. The van der Waals surface area contributed by atoms with Crippen LogP contribution >= 0.6 is 0 Å². The number of nitrogens with zero attached hydrogens (tertiary/aromatic N) is 5. The van der Waals surface area contributed by atoms with E-state index in [2.05, 4.69) is 269 Å². The van der Waals surface area contributed by atoms with Crippen LogP contribution in [0.1, 0.15) is 79.0 Å². The molecule has 0 atom stereocenters. The van der Waals surface area contributed by atoms with Gasteiger partial charge in [0.1, 0.15) is 24.0 Å². The molecule has 6 nitrogen and oxygen atoms in total. The van der Waals surface area contributed by atoms with Crippen molar-refractivity contribution in [3.8, 4) is 34.1 Å². The smallest absolute Gasteiger partial charge is 0.137 e. The Morgan fingerprint density at radius 3 is 1.71 bits per heavy atom. The van der Waals surface area contributed by atoms with E-state index in [0.29, 0.717) is 6.67 Å². The topological polar surface area (TPSA) is 38.5 Å². The van der Waals surface area contributed by atoms with E-state index in [9.17, 15) is 0 Å². The molecule has 0 saturated carbocycles. The molecule has 3 aromatic heterocycles. The first-order chi connectivity index (χ1) is 34.6. The normalized spacial score (nSPS) is 13.2. The van der Waals surface area contributed by atoms with Crippen LogP contribution in [-0.4, -0.2) is 20.8 Å². The number of anilines is 4. The van der Waals surface area contributed by atoms with Crippen molar-refractivity contribution in [1.29, 1.82) is 0 Å². The van der Waals surface area contributed by atoms with E-state index in [1.165, 1.54) is 66.7 Å². The molecule has 0 bridgehead atoms. The van der Waals surface area contributed by atoms with Crippen LogP contribution in [0.4, 0.5) is 22.7 Å². The highest BCUT2D eigenvalue weighted by atomic mass is 16.5. The maximum Gasteiger partial charge on any atom is 0.137 e. The van der Waals surface area contributed by atoms with Crippen LogP contribution in [0.5, 0.6) is 11.5 Å². The van der Waals surface area contributed by atoms with Gasteiger partial charge in [-0.15, -0.1) is 0 Å². The summed E-state index contributed by atoms with van der Waals surface area (Å²) in [7, 11) is 0. The Morgan fingerprint density at radius 2 is 0.986 bits per heavy atom. The molecule has 0 unspecified atom stereocenters. The van der Waals surface area contributed by atoms with E-state index in [4.69, 9.17) is 9.72 Å². The van der Waals surface area contributed by atoms with Crippen molar-refractivity contribution >= 4 is 66.4 Å². The molecule has 72 heavy (non-hydrogen) atoms. The van der Waals surface area contributed by atoms with Gasteiger partial charge in [-0.1, -0.05) is 147 Å². The van der Waals surface area contributed by atoms with E-state index in [0.717, 1.165) is 50.5 Å². The second kappa shape index (κ2) is 16.8. The minimum atomic E-state index is -0.0683. The zero-order chi connectivity index (χ0) is 49.7. The summed E-state index contributed by atoms with van der Waals surface area (Å²) in [5.41, 5.74) is 16.4. The van der Waals surface area contributed by atoms with Gasteiger partial charge in [0.15, 0.2) is 0 Å². The van der Waals surface area contributed by atoms with Crippen molar-refractivity contribution in [2.24, 2.45) is 0 Å². The average Bonchev–Trinajstić information content (AvgIpc) is 4.03. The van der Waals surface area contributed by atoms with Crippen molar-refractivity contribution in [1.82, 2.24) is 14.1 Å². The predicted molar refractivity (Wildman–Crippen MR) is 303 cm³/mol. The number of hydrogen-bond donors (Lipinski definition) is 0. The van der Waals surface area contributed by atoms with Crippen molar-refractivity contribution < 1.29 is 4.74 Å². The summed E-state index contributed by atoms with van der Waals surface area (Å²) in [4.78, 5) is 9.93. The van der Waals surface area contributed by atoms with Gasteiger partial charge in [0.25, 0.3) is 0 Å². The third-order valence-corrected chi connectivity index (χ3v) is 14.7. The molecule has 0 N–H and O–H groups in total. The van der Waals surface area contributed by atoms with Crippen LogP contribution in [-0.2, 0) is 16.2 Å². The Hall–Kier alpha value is -8.09. The molecule has 0 saturated heterocycles. The maximum absolute atomic E-state index is 6.90. The van der Waals surface area contributed by atoms with Crippen LogP contribution in [0.2, 0.25) is 0 Å². The van der Waals surface area contributed by atoms with E-state index in [1.807, 2.05) is 6.20 Å². The molecular formula is C66H61N5O. The summed E-state index contributed by atoms with van der Waals surface area (Å²) >= 11 is 0. The Labute approximate surface area is 423 Å². The molecule has 8 aromatic carbocycles. The summed E-state index contributed by atoms with van der Waals surface area (Å²) in [6, 6.07) is 68.4. The highest BCUT2D eigenvalue weighted by Crippen LogP contribution is 2.47. The number of hydrogen-bond acceptors (Lipinski definition) is 4. The number of rotatable bonds is 7. The van der Waals surface area contributed by atoms with E-state index >= 15 is 0 Å². The first kappa shape index (κ1) is 45.1. The predicted octanol–water partition coefficient (Wildman–Crippen LogP) is 17.9. The third-order valence-electron chi connectivity index (χ3n) is 14.7. The molecule has 12 rings (SSSR count). The van der Waals surface area contributed by atoms with Crippen molar-refractivity contribution in [3.05, 3.63) is 211 Å². The summed E-state index contributed by atoms with van der Waals surface area (Å²) in [5, 5.41) is 4.74. The largest absolute Gasteiger partial charge is 0.457 e. The monoisotopic (exact) mass is 939 g/mol. The Balaban J connectivity index is 0.949. The van der Waals surface area contributed by atoms with E-state index in [1.54, 1.807) is 0 Å². The second-order valence-corrected chi connectivity index (χ2v) is 22.7. The number of para-hydroxylation sites is 3.